The molecule has 0 spiro atoms. The summed E-state index contributed by atoms with van der Waals surface area (Å²) in [5.41, 5.74) is 2.84. The summed E-state index contributed by atoms with van der Waals surface area (Å²) < 4.78 is 0. The smallest absolute Gasteiger partial charge is 0.225 e. The van der Waals surface area contributed by atoms with Gasteiger partial charge in [-0.25, -0.2) is 9.97 Å². The molecule has 138 valence electrons. The lowest BCUT2D eigenvalue weighted by Gasteiger charge is -2.16. The highest BCUT2D eigenvalue weighted by Crippen LogP contribution is 2.19. The predicted octanol–water partition coefficient (Wildman–Crippen LogP) is 3.40. The number of hydrogen-bond acceptors (Lipinski definition) is 4. The molecule has 1 aliphatic heterocycles. The van der Waals surface area contributed by atoms with E-state index in [0.29, 0.717) is 13.0 Å². The Morgan fingerprint density at radius 1 is 1.07 bits per heavy atom. The first-order chi connectivity index (χ1) is 13.2. The maximum atomic E-state index is 12.5. The van der Waals surface area contributed by atoms with Gasteiger partial charge < -0.3 is 10.2 Å². The van der Waals surface area contributed by atoms with Gasteiger partial charge in [0.2, 0.25) is 11.9 Å². The van der Waals surface area contributed by atoms with Crippen molar-refractivity contribution in [1.29, 1.82) is 0 Å². The monoisotopic (exact) mass is 360 g/mol. The van der Waals surface area contributed by atoms with Crippen LogP contribution in [0.2, 0.25) is 0 Å². The molecule has 1 aromatic heterocycles. The second-order valence-electron chi connectivity index (χ2n) is 7.09. The van der Waals surface area contributed by atoms with Crippen molar-refractivity contribution >= 4 is 22.6 Å². The van der Waals surface area contributed by atoms with E-state index >= 15 is 0 Å². The van der Waals surface area contributed by atoms with Gasteiger partial charge in [-0.1, -0.05) is 42.5 Å². The fourth-order valence-electron chi connectivity index (χ4n) is 3.64. The van der Waals surface area contributed by atoms with Crippen molar-refractivity contribution < 1.29 is 4.79 Å². The van der Waals surface area contributed by atoms with E-state index < -0.39 is 0 Å². The van der Waals surface area contributed by atoms with Gasteiger partial charge in [-0.2, -0.15) is 0 Å². The van der Waals surface area contributed by atoms with Crippen molar-refractivity contribution in [2.45, 2.75) is 32.7 Å². The van der Waals surface area contributed by atoms with Crippen LogP contribution in [0.4, 0.5) is 5.95 Å². The number of carbonyl (C=O) groups excluding carboxylic acids is 1. The molecule has 27 heavy (non-hydrogen) atoms. The van der Waals surface area contributed by atoms with Gasteiger partial charge >= 0.3 is 0 Å². The Hall–Kier alpha value is -2.95. The summed E-state index contributed by atoms with van der Waals surface area (Å²) in [7, 11) is 0. The lowest BCUT2D eigenvalue weighted by molar-refractivity contribution is -0.120. The molecule has 2 aromatic carbocycles. The number of nitrogens with one attached hydrogen (secondary N) is 1. The third kappa shape index (κ3) is 4.08. The summed E-state index contributed by atoms with van der Waals surface area (Å²) in [6.07, 6.45) is 2.74. The molecule has 3 aromatic rings. The van der Waals surface area contributed by atoms with Gasteiger partial charge in [0.15, 0.2) is 0 Å². The SMILES string of the molecule is Cc1cc(CNC(=O)Cc2cccc3ccccc23)nc(N2CCCC2)n1. The molecule has 4 rings (SSSR count). The number of benzene rings is 2. The standard InChI is InChI=1S/C22H24N4O/c1-16-13-19(25-22(24-16)26-11-4-5-12-26)15-23-21(27)14-18-9-6-8-17-7-2-3-10-20(17)18/h2-3,6-10,13H,4-5,11-12,14-15H2,1H3,(H,23,27). The first-order valence-corrected chi connectivity index (χ1v) is 9.52. The average Bonchev–Trinajstić information content (AvgIpc) is 3.21. The van der Waals surface area contributed by atoms with E-state index in [9.17, 15) is 4.79 Å². The van der Waals surface area contributed by atoms with Crippen molar-refractivity contribution in [1.82, 2.24) is 15.3 Å². The summed E-state index contributed by atoms with van der Waals surface area (Å²) >= 11 is 0. The van der Waals surface area contributed by atoms with Crippen LogP contribution in [0.3, 0.4) is 0 Å². The molecule has 0 bridgehead atoms. The Morgan fingerprint density at radius 3 is 2.70 bits per heavy atom. The number of aryl methyl sites for hydroxylation is 1. The van der Waals surface area contributed by atoms with Crippen LogP contribution in [0, 0.1) is 6.92 Å². The van der Waals surface area contributed by atoms with Crippen LogP contribution in [-0.2, 0) is 17.8 Å². The van der Waals surface area contributed by atoms with E-state index in [1.54, 1.807) is 0 Å². The zero-order valence-electron chi connectivity index (χ0n) is 15.6. The van der Waals surface area contributed by atoms with Crippen LogP contribution in [0.5, 0.6) is 0 Å². The second-order valence-corrected chi connectivity index (χ2v) is 7.09. The maximum absolute atomic E-state index is 12.5. The van der Waals surface area contributed by atoms with Crippen LogP contribution < -0.4 is 10.2 Å². The number of rotatable bonds is 5. The Balaban J connectivity index is 1.43. The summed E-state index contributed by atoms with van der Waals surface area (Å²) in [4.78, 5) is 23.9. The summed E-state index contributed by atoms with van der Waals surface area (Å²) in [5, 5.41) is 5.30. The van der Waals surface area contributed by atoms with Crippen molar-refractivity contribution in [3.8, 4) is 0 Å². The Kier molecular flexibility index (Phi) is 5.01. The number of hydrogen-bond donors (Lipinski definition) is 1. The molecule has 1 saturated heterocycles. The highest BCUT2D eigenvalue weighted by molar-refractivity contribution is 5.90. The third-order valence-electron chi connectivity index (χ3n) is 4.98. The maximum Gasteiger partial charge on any atom is 0.225 e. The number of aromatic nitrogens is 2. The molecule has 1 N–H and O–H groups in total. The van der Waals surface area contributed by atoms with E-state index in [-0.39, 0.29) is 5.91 Å². The van der Waals surface area contributed by atoms with Gasteiger partial charge in [0.05, 0.1) is 18.7 Å². The van der Waals surface area contributed by atoms with Gasteiger partial charge in [-0.15, -0.1) is 0 Å². The molecule has 2 heterocycles. The first-order valence-electron chi connectivity index (χ1n) is 9.52. The lowest BCUT2D eigenvalue weighted by Crippen LogP contribution is -2.26. The summed E-state index contributed by atoms with van der Waals surface area (Å²) in [6, 6.07) is 16.2. The fourth-order valence-corrected chi connectivity index (χ4v) is 3.64. The quantitative estimate of drug-likeness (QED) is 0.758. The number of amides is 1. The van der Waals surface area contributed by atoms with Crippen LogP contribution in [0.1, 0.15) is 29.8 Å². The van der Waals surface area contributed by atoms with Gasteiger partial charge in [-0.3, -0.25) is 4.79 Å². The van der Waals surface area contributed by atoms with Crippen molar-refractivity contribution in [2.75, 3.05) is 18.0 Å². The molecular weight excluding hydrogens is 336 g/mol. The van der Waals surface area contributed by atoms with Gasteiger partial charge in [0, 0.05) is 18.8 Å². The van der Waals surface area contributed by atoms with Gasteiger partial charge in [0.25, 0.3) is 0 Å². The highest BCUT2D eigenvalue weighted by Gasteiger charge is 2.16. The predicted molar refractivity (Wildman–Crippen MR) is 108 cm³/mol. The number of anilines is 1. The van der Waals surface area contributed by atoms with Gasteiger partial charge in [-0.05, 0) is 42.2 Å². The summed E-state index contributed by atoms with van der Waals surface area (Å²) in [5.74, 6) is 0.788. The fraction of sp³-hybridized carbons (Fsp3) is 0.318. The molecule has 1 aliphatic rings. The zero-order chi connectivity index (χ0) is 18.6. The Labute approximate surface area is 159 Å². The van der Waals surface area contributed by atoms with E-state index in [2.05, 4.69) is 38.4 Å². The van der Waals surface area contributed by atoms with Crippen LogP contribution in [0.15, 0.2) is 48.5 Å². The van der Waals surface area contributed by atoms with Crippen LogP contribution in [0.25, 0.3) is 10.8 Å². The van der Waals surface area contributed by atoms with E-state index in [4.69, 9.17) is 0 Å². The molecule has 0 radical (unpaired) electrons. The Morgan fingerprint density at radius 2 is 1.85 bits per heavy atom. The first kappa shape index (κ1) is 17.5. The molecule has 0 unspecified atom stereocenters. The molecule has 5 heteroatoms. The number of nitrogens with zero attached hydrogens (tertiary/aromatic N) is 3. The molecule has 1 amide bonds. The number of fused-ring (bicyclic) bond motifs is 1. The minimum Gasteiger partial charge on any atom is -0.350 e. The van der Waals surface area contributed by atoms with Crippen molar-refractivity contribution in [3.63, 3.8) is 0 Å². The minimum atomic E-state index is 0.00495. The van der Waals surface area contributed by atoms with Crippen LogP contribution in [-0.4, -0.2) is 29.0 Å². The van der Waals surface area contributed by atoms with Crippen LogP contribution >= 0.6 is 0 Å². The van der Waals surface area contributed by atoms with E-state index in [0.717, 1.165) is 46.8 Å². The van der Waals surface area contributed by atoms with Crippen molar-refractivity contribution in [2.24, 2.45) is 0 Å². The van der Waals surface area contributed by atoms with E-state index in [1.165, 1.54) is 12.8 Å². The molecular formula is C22H24N4O. The minimum absolute atomic E-state index is 0.00495. The highest BCUT2D eigenvalue weighted by atomic mass is 16.1. The lowest BCUT2D eigenvalue weighted by atomic mass is 10.0. The Bertz CT molecular complexity index is 958. The molecule has 0 atom stereocenters. The molecule has 0 saturated carbocycles. The van der Waals surface area contributed by atoms with E-state index in [1.807, 2.05) is 37.3 Å². The topological polar surface area (TPSA) is 58.1 Å². The largest absolute Gasteiger partial charge is 0.350 e. The van der Waals surface area contributed by atoms with Gasteiger partial charge in [0.1, 0.15) is 0 Å². The zero-order valence-corrected chi connectivity index (χ0v) is 15.6. The molecule has 5 nitrogen and oxygen atoms in total. The summed E-state index contributed by atoms with van der Waals surface area (Å²) in [6.45, 7) is 4.42. The number of carbonyl (C=O) groups is 1. The average molecular weight is 360 g/mol. The second kappa shape index (κ2) is 7.74. The molecule has 1 fully saturated rings. The molecule has 0 aliphatic carbocycles. The van der Waals surface area contributed by atoms with Crippen molar-refractivity contribution in [3.05, 3.63) is 65.5 Å². The normalized spacial score (nSPS) is 13.9. The third-order valence-corrected chi connectivity index (χ3v) is 4.98.